The van der Waals surface area contributed by atoms with Crippen molar-refractivity contribution in [3.8, 4) is 5.75 Å². The maximum Gasteiger partial charge on any atom is 0.343 e. The molecule has 2 nitrogen and oxygen atoms in total. The van der Waals surface area contributed by atoms with Crippen LogP contribution in [0.15, 0.2) is 53.0 Å². The molecule has 0 aliphatic rings. The van der Waals surface area contributed by atoms with Crippen molar-refractivity contribution >= 4 is 21.9 Å². The number of rotatable bonds is 2. The summed E-state index contributed by atoms with van der Waals surface area (Å²) in [4.78, 5) is 12.0. The van der Waals surface area contributed by atoms with E-state index in [1.54, 1.807) is 12.1 Å². The van der Waals surface area contributed by atoms with E-state index in [2.05, 4.69) is 36.7 Å². The van der Waals surface area contributed by atoms with Gasteiger partial charge >= 0.3 is 5.97 Å². The van der Waals surface area contributed by atoms with Gasteiger partial charge in [0.2, 0.25) is 0 Å². The standard InChI is InChI=1S/C17H17BrO2/c1-17(2,3)13-9-10-15(14(18)11-13)20-16(19)12-7-5-4-6-8-12/h4-11H,1-3H3. The highest BCUT2D eigenvalue weighted by molar-refractivity contribution is 9.10. The molecule has 0 atom stereocenters. The van der Waals surface area contributed by atoms with Crippen LogP contribution in [0.1, 0.15) is 36.7 Å². The normalized spacial score (nSPS) is 11.2. The lowest BCUT2D eigenvalue weighted by molar-refractivity contribution is 0.0733. The van der Waals surface area contributed by atoms with E-state index in [4.69, 9.17) is 4.74 Å². The zero-order chi connectivity index (χ0) is 14.8. The van der Waals surface area contributed by atoms with E-state index in [1.807, 2.05) is 36.4 Å². The number of hydrogen-bond acceptors (Lipinski definition) is 2. The predicted octanol–water partition coefficient (Wildman–Crippen LogP) is 4.97. The molecule has 0 N–H and O–H groups in total. The van der Waals surface area contributed by atoms with E-state index in [0.29, 0.717) is 11.3 Å². The Labute approximate surface area is 127 Å². The topological polar surface area (TPSA) is 26.3 Å². The molecule has 104 valence electrons. The summed E-state index contributed by atoms with van der Waals surface area (Å²) in [6.45, 7) is 6.43. The molecular weight excluding hydrogens is 316 g/mol. The second-order valence-electron chi connectivity index (χ2n) is 5.65. The Kier molecular flexibility index (Phi) is 4.29. The monoisotopic (exact) mass is 332 g/mol. The van der Waals surface area contributed by atoms with E-state index in [9.17, 15) is 4.79 Å². The smallest absolute Gasteiger partial charge is 0.343 e. The molecule has 2 aromatic carbocycles. The van der Waals surface area contributed by atoms with Crippen LogP contribution in [0.25, 0.3) is 0 Å². The van der Waals surface area contributed by atoms with Gasteiger partial charge < -0.3 is 4.74 Å². The van der Waals surface area contributed by atoms with Gasteiger partial charge in [-0.1, -0.05) is 45.0 Å². The third-order valence-electron chi connectivity index (χ3n) is 3.01. The molecule has 0 radical (unpaired) electrons. The fraction of sp³-hybridized carbons (Fsp3) is 0.235. The van der Waals surface area contributed by atoms with Crippen LogP contribution in [0.4, 0.5) is 0 Å². The maximum absolute atomic E-state index is 12.0. The number of carbonyl (C=O) groups is 1. The van der Waals surface area contributed by atoms with Gasteiger partial charge in [-0.05, 0) is 51.2 Å². The van der Waals surface area contributed by atoms with E-state index in [-0.39, 0.29) is 11.4 Å². The summed E-state index contributed by atoms with van der Waals surface area (Å²) in [5.41, 5.74) is 1.79. The first-order valence-corrected chi connectivity index (χ1v) is 7.24. The summed E-state index contributed by atoms with van der Waals surface area (Å²) in [5.74, 6) is 0.182. The van der Waals surface area contributed by atoms with Crippen LogP contribution in [0.3, 0.4) is 0 Å². The summed E-state index contributed by atoms with van der Waals surface area (Å²) < 4.78 is 6.20. The molecular formula is C17H17BrO2. The van der Waals surface area contributed by atoms with Crippen molar-refractivity contribution in [1.82, 2.24) is 0 Å². The highest BCUT2D eigenvalue weighted by Crippen LogP contribution is 2.31. The first-order chi connectivity index (χ1) is 9.38. The molecule has 3 heteroatoms. The number of benzene rings is 2. The molecule has 0 aliphatic carbocycles. The highest BCUT2D eigenvalue weighted by atomic mass is 79.9. The Morgan fingerprint density at radius 1 is 1.05 bits per heavy atom. The SMILES string of the molecule is CC(C)(C)c1ccc(OC(=O)c2ccccc2)c(Br)c1. The zero-order valence-corrected chi connectivity index (χ0v) is 13.4. The minimum Gasteiger partial charge on any atom is -0.422 e. The lowest BCUT2D eigenvalue weighted by atomic mass is 9.87. The van der Waals surface area contributed by atoms with Gasteiger partial charge in [0.25, 0.3) is 0 Å². The predicted molar refractivity (Wildman–Crippen MR) is 84.2 cm³/mol. The average Bonchev–Trinajstić information content (AvgIpc) is 2.41. The van der Waals surface area contributed by atoms with Crippen molar-refractivity contribution in [1.29, 1.82) is 0 Å². The molecule has 0 bridgehead atoms. The largest absolute Gasteiger partial charge is 0.422 e. The fourth-order valence-electron chi connectivity index (χ4n) is 1.78. The van der Waals surface area contributed by atoms with Crippen molar-refractivity contribution in [2.24, 2.45) is 0 Å². The summed E-state index contributed by atoms with van der Waals surface area (Å²) >= 11 is 3.46. The van der Waals surface area contributed by atoms with Gasteiger partial charge in [0.15, 0.2) is 0 Å². The maximum atomic E-state index is 12.0. The molecule has 2 aromatic rings. The van der Waals surface area contributed by atoms with Crippen molar-refractivity contribution < 1.29 is 9.53 Å². The van der Waals surface area contributed by atoms with Crippen LogP contribution in [0.5, 0.6) is 5.75 Å². The molecule has 0 unspecified atom stereocenters. The summed E-state index contributed by atoms with van der Waals surface area (Å²) in [5, 5.41) is 0. The number of carbonyl (C=O) groups excluding carboxylic acids is 1. The minimum absolute atomic E-state index is 0.0600. The van der Waals surface area contributed by atoms with Crippen LogP contribution in [-0.4, -0.2) is 5.97 Å². The summed E-state index contributed by atoms with van der Waals surface area (Å²) in [6, 6.07) is 14.8. The molecule has 0 saturated heterocycles. The number of hydrogen-bond donors (Lipinski definition) is 0. The first-order valence-electron chi connectivity index (χ1n) is 6.45. The van der Waals surface area contributed by atoms with Crippen molar-refractivity contribution in [3.05, 3.63) is 64.1 Å². The van der Waals surface area contributed by atoms with Gasteiger partial charge in [0.05, 0.1) is 10.0 Å². The van der Waals surface area contributed by atoms with Gasteiger partial charge in [-0.2, -0.15) is 0 Å². The molecule has 0 aliphatic heterocycles. The molecule has 0 aromatic heterocycles. The van der Waals surface area contributed by atoms with Gasteiger partial charge in [-0.25, -0.2) is 4.79 Å². The first kappa shape index (κ1) is 14.8. The van der Waals surface area contributed by atoms with Crippen molar-refractivity contribution in [2.75, 3.05) is 0 Å². The van der Waals surface area contributed by atoms with Crippen LogP contribution >= 0.6 is 15.9 Å². The number of ether oxygens (including phenoxy) is 1. The third kappa shape index (κ3) is 3.48. The van der Waals surface area contributed by atoms with Gasteiger partial charge in [0, 0.05) is 0 Å². The number of esters is 1. The average molecular weight is 333 g/mol. The van der Waals surface area contributed by atoms with E-state index in [1.165, 1.54) is 5.56 Å². The molecule has 2 rings (SSSR count). The Bertz CT molecular complexity index is 613. The summed E-state index contributed by atoms with van der Waals surface area (Å²) in [7, 11) is 0. The Balaban J connectivity index is 2.21. The van der Waals surface area contributed by atoms with Gasteiger partial charge in [-0.15, -0.1) is 0 Å². The van der Waals surface area contributed by atoms with E-state index >= 15 is 0 Å². The van der Waals surface area contributed by atoms with Crippen LogP contribution < -0.4 is 4.74 Å². The second-order valence-corrected chi connectivity index (χ2v) is 6.51. The van der Waals surface area contributed by atoms with Crippen molar-refractivity contribution in [2.45, 2.75) is 26.2 Å². The van der Waals surface area contributed by atoms with E-state index in [0.717, 1.165) is 4.47 Å². The molecule has 0 spiro atoms. The quantitative estimate of drug-likeness (QED) is 0.573. The lowest BCUT2D eigenvalue weighted by Gasteiger charge is -2.20. The second kappa shape index (κ2) is 5.80. The van der Waals surface area contributed by atoms with Crippen LogP contribution in [0.2, 0.25) is 0 Å². The molecule has 0 fully saturated rings. The molecule has 0 amide bonds. The molecule has 0 heterocycles. The van der Waals surface area contributed by atoms with Crippen LogP contribution in [0, 0.1) is 0 Å². The van der Waals surface area contributed by atoms with Gasteiger partial charge in [0.1, 0.15) is 5.75 Å². The highest BCUT2D eigenvalue weighted by Gasteiger charge is 2.16. The molecule has 20 heavy (non-hydrogen) atoms. The minimum atomic E-state index is -0.352. The lowest BCUT2D eigenvalue weighted by Crippen LogP contribution is -2.12. The van der Waals surface area contributed by atoms with Crippen LogP contribution in [-0.2, 0) is 5.41 Å². The number of halogens is 1. The van der Waals surface area contributed by atoms with Crippen molar-refractivity contribution in [3.63, 3.8) is 0 Å². The Morgan fingerprint density at radius 3 is 2.25 bits per heavy atom. The molecule has 0 saturated carbocycles. The Morgan fingerprint density at radius 2 is 1.70 bits per heavy atom. The zero-order valence-electron chi connectivity index (χ0n) is 11.8. The van der Waals surface area contributed by atoms with E-state index < -0.39 is 0 Å². The third-order valence-corrected chi connectivity index (χ3v) is 3.63. The fourth-order valence-corrected chi connectivity index (χ4v) is 2.24. The summed E-state index contributed by atoms with van der Waals surface area (Å²) in [6.07, 6.45) is 0. The van der Waals surface area contributed by atoms with Gasteiger partial charge in [-0.3, -0.25) is 0 Å². The Hall–Kier alpha value is -1.61.